The Morgan fingerprint density at radius 3 is 2.14 bits per heavy atom. The van der Waals surface area contributed by atoms with E-state index in [9.17, 15) is 60.7 Å². The summed E-state index contributed by atoms with van der Waals surface area (Å²) in [6, 6.07) is 7.96. The van der Waals surface area contributed by atoms with E-state index in [2.05, 4.69) is 0 Å². The topological polar surface area (TPSA) is 314 Å². The smallest absolute Gasteiger partial charge is 0.331 e. The number of fused-ring (bicyclic) bond motifs is 3. The molecule has 20 nitrogen and oxygen atoms in total. The van der Waals surface area contributed by atoms with Gasteiger partial charge in [-0.2, -0.15) is 0 Å². The van der Waals surface area contributed by atoms with E-state index in [1.54, 1.807) is 13.8 Å². The van der Waals surface area contributed by atoms with Crippen molar-refractivity contribution in [3.63, 3.8) is 0 Å². The van der Waals surface area contributed by atoms with E-state index in [0.29, 0.717) is 12.0 Å². The number of rotatable bonds is 12. The third kappa shape index (κ3) is 8.42. The Morgan fingerprint density at radius 2 is 1.51 bits per heavy atom. The van der Waals surface area contributed by atoms with Crippen LogP contribution < -0.4 is 19.6 Å². The maximum Gasteiger partial charge on any atom is 0.331 e. The summed E-state index contributed by atoms with van der Waals surface area (Å²) in [6.07, 6.45) is -12.9. The van der Waals surface area contributed by atoms with Crippen molar-refractivity contribution in [3.8, 4) is 34.3 Å². The fourth-order valence-corrected chi connectivity index (χ4v) is 8.73. The molecule has 14 atom stereocenters. The fraction of sp³-hybridized carbons (Fsp3) is 0.535. The van der Waals surface area contributed by atoms with Crippen molar-refractivity contribution in [1.82, 2.24) is 0 Å². The highest BCUT2D eigenvalue weighted by molar-refractivity contribution is 5.88. The van der Waals surface area contributed by atoms with Crippen molar-refractivity contribution < 1.29 is 93.4 Å². The van der Waals surface area contributed by atoms with Crippen LogP contribution in [0.25, 0.3) is 22.3 Å². The second-order valence-electron chi connectivity index (χ2n) is 16.8. The van der Waals surface area contributed by atoms with Gasteiger partial charge in [0.25, 0.3) is 0 Å². The summed E-state index contributed by atoms with van der Waals surface area (Å²) in [5, 5.41) is 105. The number of carbonyl (C=O) groups excluding carboxylic acids is 1. The Morgan fingerprint density at radius 1 is 0.857 bits per heavy atom. The minimum Gasteiger partial charge on any atom is -0.507 e. The summed E-state index contributed by atoms with van der Waals surface area (Å²) in [5.41, 5.74) is -3.97. The Labute approximate surface area is 359 Å². The van der Waals surface area contributed by atoms with E-state index < -0.39 is 120 Å². The first-order valence-electron chi connectivity index (χ1n) is 20.1. The minimum absolute atomic E-state index is 0.0169. The number of phenols is 1. The number of aliphatic hydroxyl groups is 9. The summed E-state index contributed by atoms with van der Waals surface area (Å²) in [6.45, 7) is 3.78. The number of carbonyl (C=O) groups is 1. The second-order valence-corrected chi connectivity index (χ2v) is 16.8. The van der Waals surface area contributed by atoms with Crippen molar-refractivity contribution in [3.05, 3.63) is 70.4 Å². The van der Waals surface area contributed by atoms with Crippen molar-refractivity contribution in [1.29, 1.82) is 0 Å². The lowest BCUT2D eigenvalue weighted by Gasteiger charge is -2.49. The zero-order valence-electron chi connectivity index (χ0n) is 34.6. The molecule has 7 rings (SSSR count). The van der Waals surface area contributed by atoms with Crippen LogP contribution in [-0.4, -0.2) is 163 Å². The Kier molecular flexibility index (Phi) is 13.0. The van der Waals surface area contributed by atoms with Gasteiger partial charge >= 0.3 is 5.97 Å². The summed E-state index contributed by atoms with van der Waals surface area (Å²) in [5.74, 6) is -2.27. The molecule has 0 radical (unpaired) electrons. The van der Waals surface area contributed by atoms with Crippen LogP contribution in [0, 0.1) is 5.41 Å². The highest BCUT2D eigenvalue weighted by Crippen LogP contribution is 2.57. The van der Waals surface area contributed by atoms with Crippen LogP contribution in [0.2, 0.25) is 0 Å². The molecule has 4 fully saturated rings. The summed E-state index contributed by atoms with van der Waals surface area (Å²) >= 11 is 0. The summed E-state index contributed by atoms with van der Waals surface area (Å²) < 4.78 is 45.7. The molecule has 2 aromatic carbocycles. The number of esters is 1. The summed E-state index contributed by atoms with van der Waals surface area (Å²) in [4.78, 5) is 27.3. The van der Waals surface area contributed by atoms with E-state index >= 15 is 0 Å². The standard InChI is InChI=1S/C43H52O20/c1-19(9-10-43(55)41(2)14-21(46)15-42(43,3)57-18-41)11-28(48)62-38-34(53)31(50)27(17-45)61-40(38)58-22-7-5-20(6-8-22)36-37(63-39-35(54)33(52)30(49)26(16-44)60-39)32(51)29-24(47)12-23(56-4)13-25(29)59-36/h5-13,21,26-27,30-31,33-35,38-40,44-47,49-50,52-55H,14-18H2,1-4H3/b10-9+,19-11+/t21-,26-,27-,30-,31-,33+,34+,35-,38-,39?,40?,41+,42?,43+/m0/s1. The number of ether oxygens (including phenoxy) is 7. The fourth-order valence-electron chi connectivity index (χ4n) is 8.73. The van der Waals surface area contributed by atoms with Gasteiger partial charge in [-0.25, -0.2) is 4.79 Å². The number of aromatic hydroxyl groups is 1. The summed E-state index contributed by atoms with van der Waals surface area (Å²) in [7, 11) is 1.33. The van der Waals surface area contributed by atoms with Crippen LogP contribution >= 0.6 is 0 Å². The van der Waals surface area contributed by atoms with Crippen molar-refractivity contribution >= 4 is 16.9 Å². The van der Waals surface area contributed by atoms with Gasteiger partial charge < -0.3 is 88.6 Å². The number of allylic oxidation sites excluding steroid dienone is 2. The quantitative estimate of drug-likeness (QED) is 0.0609. The third-order valence-electron chi connectivity index (χ3n) is 12.4. The Balaban J connectivity index is 1.15. The van der Waals surface area contributed by atoms with Crippen LogP contribution in [0.1, 0.15) is 33.6 Å². The molecule has 3 unspecified atom stereocenters. The first-order valence-corrected chi connectivity index (χ1v) is 20.1. The highest BCUT2D eigenvalue weighted by Gasteiger charge is 2.67. The van der Waals surface area contributed by atoms with E-state index in [0.717, 1.165) is 12.1 Å². The number of benzene rings is 2. The van der Waals surface area contributed by atoms with Crippen LogP contribution in [0.15, 0.2) is 69.4 Å². The van der Waals surface area contributed by atoms with Crippen LogP contribution in [0.4, 0.5) is 0 Å². The van der Waals surface area contributed by atoms with Gasteiger partial charge in [-0.15, -0.1) is 0 Å². The van der Waals surface area contributed by atoms with E-state index in [4.69, 9.17) is 37.6 Å². The molecule has 3 aliphatic heterocycles. The largest absolute Gasteiger partial charge is 0.507 e. The van der Waals surface area contributed by atoms with Crippen LogP contribution in [0.3, 0.4) is 0 Å². The average Bonchev–Trinajstić information content (AvgIpc) is 3.33. The zero-order chi connectivity index (χ0) is 45.8. The minimum atomic E-state index is -1.92. The van der Waals surface area contributed by atoms with Crippen molar-refractivity contribution in [2.45, 2.75) is 112 Å². The first kappa shape index (κ1) is 46.3. The first-order chi connectivity index (χ1) is 29.8. The van der Waals surface area contributed by atoms with Crippen molar-refractivity contribution in [2.75, 3.05) is 26.9 Å². The normalized spacial score (nSPS) is 37.0. The number of phenolic OH excluding ortho intramolecular Hbond substituents is 1. The van der Waals surface area contributed by atoms with Gasteiger partial charge in [0.05, 0.1) is 33.0 Å². The van der Waals surface area contributed by atoms with Crippen LogP contribution in [-0.2, 0) is 23.7 Å². The molecule has 2 bridgehead atoms. The maximum atomic E-state index is 14.0. The predicted molar refractivity (Wildman–Crippen MR) is 214 cm³/mol. The Bertz CT molecular complexity index is 2250. The molecular formula is C43H52O20. The molecule has 1 aromatic heterocycles. The zero-order valence-corrected chi connectivity index (χ0v) is 34.6. The van der Waals surface area contributed by atoms with E-state index in [1.807, 2.05) is 6.92 Å². The van der Waals surface area contributed by atoms with Crippen LogP contribution in [0.5, 0.6) is 23.0 Å². The molecule has 4 aliphatic rings. The molecule has 10 N–H and O–H groups in total. The van der Waals surface area contributed by atoms with E-state index in [1.165, 1.54) is 49.6 Å². The van der Waals surface area contributed by atoms with Gasteiger partial charge in [-0.1, -0.05) is 13.0 Å². The molecule has 0 amide bonds. The maximum absolute atomic E-state index is 14.0. The molecule has 3 aromatic rings. The molecule has 3 saturated heterocycles. The second kappa shape index (κ2) is 17.7. The lowest BCUT2D eigenvalue weighted by Crippen LogP contribution is -2.61. The van der Waals surface area contributed by atoms with Gasteiger partial charge in [-0.3, -0.25) is 4.79 Å². The SMILES string of the molecule is COc1cc(O)c2c(=O)c(OC3O[C@@H](CO)[C@H](O)[C@@H](O)[C@@H]3O)c(-c3ccc(OC4O[C@@H](CO)[C@H](O)[C@@H](O)[C@@H]4OC(=O)/C=C(C)/C=C/[C@]4(O)C5(C)C[C@@H](O)C[C@]4(C)CO5)cc3)oc2c1. The molecule has 63 heavy (non-hydrogen) atoms. The highest BCUT2D eigenvalue weighted by atomic mass is 16.7. The molecule has 1 aliphatic carbocycles. The average molecular weight is 889 g/mol. The van der Waals surface area contributed by atoms with E-state index in [-0.39, 0.29) is 46.8 Å². The lowest BCUT2D eigenvalue weighted by atomic mass is 9.59. The van der Waals surface area contributed by atoms with Gasteiger partial charge in [0.2, 0.25) is 23.8 Å². The molecule has 344 valence electrons. The van der Waals surface area contributed by atoms with Gasteiger partial charge in [0.1, 0.15) is 82.1 Å². The third-order valence-corrected chi connectivity index (χ3v) is 12.4. The number of hydrogen-bond acceptors (Lipinski definition) is 20. The van der Waals surface area contributed by atoms with Gasteiger partial charge in [0.15, 0.2) is 11.9 Å². The molecule has 20 heteroatoms. The van der Waals surface area contributed by atoms with Gasteiger partial charge in [0, 0.05) is 35.6 Å². The molecular weight excluding hydrogens is 836 g/mol. The monoisotopic (exact) mass is 888 g/mol. The van der Waals surface area contributed by atoms with Gasteiger partial charge in [-0.05, 0) is 56.2 Å². The lowest BCUT2D eigenvalue weighted by molar-refractivity contribution is -0.281. The van der Waals surface area contributed by atoms with Crippen molar-refractivity contribution in [2.24, 2.45) is 5.41 Å². The molecule has 0 spiro atoms. The number of aliphatic hydroxyl groups excluding tert-OH is 8. The number of hydrogen-bond donors (Lipinski definition) is 10. The Hall–Kier alpha value is -4.68. The predicted octanol–water partition coefficient (Wildman–Crippen LogP) is -0.734. The molecule has 1 saturated carbocycles. The molecule has 4 heterocycles. The number of methoxy groups -OCH3 is 1.